The van der Waals surface area contributed by atoms with Crippen LogP contribution in [0, 0.1) is 11.7 Å². The smallest absolute Gasteiger partial charge is 0.224 e. The number of hydrogen-bond donors (Lipinski definition) is 2. The summed E-state index contributed by atoms with van der Waals surface area (Å²) in [6, 6.07) is 4.65. The zero-order chi connectivity index (χ0) is 13.5. The Morgan fingerprint density at radius 3 is 2.83 bits per heavy atom. The first-order valence-corrected chi connectivity index (χ1v) is 5.97. The molecule has 1 aromatic carbocycles. The third kappa shape index (κ3) is 4.00. The van der Waals surface area contributed by atoms with E-state index in [0.717, 1.165) is 0 Å². The Labute approximate surface area is 106 Å². The molecule has 100 valence electrons. The standard InChI is InChI=1S/C13H19FN2O2/c1-3-18-12-5-4-10(6-11(12)14)8-16-13(17)9(2)7-15/h4-6,9H,3,7-8,15H2,1-2H3,(H,16,17). The minimum Gasteiger partial charge on any atom is -0.491 e. The lowest BCUT2D eigenvalue weighted by Crippen LogP contribution is -2.32. The number of carbonyl (C=O) groups excluding carboxylic acids is 1. The van der Waals surface area contributed by atoms with E-state index in [4.69, 9.17) is 10.5 Å². The lowest BCUT2D eigenvalue weighted by Gasteiger charge is -2.11. The molecule has 0 aliphatic carbocycles. The summed E-state index contributed by atoms with van der Waals surface area (Å²) in [4.78, 5) is 11.5. The van der Waals surface area contributed by atoms with Crippen LogP contribution >= 0.6 is 0 Å². The van der Waals surface area contributed by atoms with Crippen molar-refractivity contribution >= 4 is 5.91 Å². The SMILES string of the molecule is CCOc1ccc(CNC(=O)C(C)CN)cc1F. The first-order valence-electron chi connectivity index (χ1n) is 5.97. The van der Waals surface area contributed by atoms with Crippen molar-refractivity contribution in [2.24, 2.45) is 11.7 Å². The van der Waals surface area contributed by atoms with Crippen molar-refractivity contribution in [1.29, 1.82) is 0 Å². The van der Waals surface area contributed by atoms with Crippen molar-refractivity contribution < 1.29 is 13.9 Å². The Balaban J connectivity index is 2.58. The van der Waals surface area contributed by atoms with Crippen LogP contribution in [-0.2, 0) is 11.3 Å². The van der Waals surface area contributed by atoms with Crippen LogP contribution in [0.4, 0.5) is 4.39 Å². The minimum absolute atomic E-state index is 0.133. The van der Waals surface area contributed by atoms with Crippen LogP contribution in [0.5, 0.6) is 5.75 Å². The van der Waals surface area contributed by atoms with Gasteiger partial charge in [0, 0.05) is 19.0 Å². The Kier molecular flexibility index (Phi) is 5.58. The average molecular weight is 254 g/mol. The summed E-state index contributed by atoms with van der Waals surface area (Å²) >= 11 is 0. The maximum absolute atomic E-state index is 13.5. The Hall–Kier alpha value is -1.62. The zero-order valence-electron chi connectivity index (χ0n) is 10.7. The van der Waals surface area contributed by atoms with E-state index in [2.05, 4.69) is 5.32 Å². The van der Waals surface area contributed by atoms with E-state index in [1.54, 1.807) is 26.0 Å². The molecule has 1 aromatic rings. The van der Waals surface area contributed by atoms with Gasteiger partial charge >= 0.3 is 0 Å². The zero-order valence-corrected chi connectivity index (χ0v) is 10.7. The molecule has 18 heavy (non-hydrogen) atoms. The molecule has 0 aliphatic rings. The van der Waals surface area contributed by atoms with E-state index in [0.29, 0.717) is 18.7 Å². The number of ether oxygens (including phenoxy) is 1. The summed E-state index contributed by atoms with van der Waals surface area (Å²) in [5.74, 6) is -0.567. The molecule has 0 saturated heterocycles. The molecular weight excluding hydrogens is 235 g/mol. The van der Waals surface area contributed by atoms with Gasteiger partial charge < -0.3 is 15.8 Å². The van der Waals surface area contributed by atoms with Crippen LogP contribution in [0.2, 0.25) is 0 Å². The topological polar surface area (TPSA) is 64.3 Å². The van der Waals surface area contributed by atoms with Gasteiger partial charge in [-0.2, -0.15) is 0 Å². The van der Waals surface area contributed by atoms with E-state index in [9.17, 15) is 9.18 Å². The molecular formula is C13H19FN2O2. The third-order valence-corrected chi connectivity index (χ3v) is 2.56. The van der Waals surface area contributed by atoms with Crippen molar-refractivity contribution in [3.05, 3.63) is 29.6 Å². The summed E-state index contributed by atoms with van der Waals surface area (Å²) in [6.45, 7) is 4.53. The number of amides is 1. The normalized spacial score (nSPS) is 12.0. The Bertz CT molecular complexity index is 410. The van der Waals surface area contributed by atoms with Gasteiger partial charge in [0.1, 0.15) is 0 Å². The Morgan fingerprint density at radius 2 is 2.28 bits per heavy atom. The van der Waals surface area contributed by atoms with Crippen LogP contribution in [-0.4, -0.2) is 19.1 Å². The van der Waals surface area contributed by atoms with Gasteiger partial charge in [-0.15, -0.1) is 0 Å². The fraction of sp³-hybridized carbons (Fsp3) is 0.462. The molecule has 0 aromatic heterocycles. The van der Waals surface area contributed by atoms with Gasteiger partial charge in [-0.05, 0) is 24.6 Å². The van der Waals surface area contributed by atoms with Crippen molar-refractivity contribution in [2.75, 3.05) is 13.2 Å². The largest absolute Gasteiger partial charge is 0.491 e. The van der Waals surface area contributed by atoms with Crippen molar-refractivity contribution in [3.8, 4) is 5.75 Å². The maximum atomic E-state index is 13.5. The minimum atomic E-state index is -0.421. The lowest BCUT2D eigenvalue weighted by atomic mass is 10.1. The average Bonchev–Trinajstić information content (AvgIpc) is 2.38. The number of rotatable bonds is 6. The lowest BCUT2D eigenvalue weighted by molar-refractivity contribution is -0.124. The quantitative estimate of drug-likeness (QED) is 0.807. The molecule has 5 heteroatoms. The second-order valence-electron chi connectivity index (χ2n) is 4.05. The van der Waals surface area contributed by atoms with E-state index >= 15 is 0 Å². The number of halogens is 1. The van der Waals surface area contributed by atoms with Gasteiger partial charge in [0.05, 0.1) is 6.61 Å². The van der Waals surface area contributed by atoms with Gasteiger partial charge in [-0.1, -0.05) is 13.0 Å². The molecule has 0 aliphatic heterocycles. The van der Waals surface area contributed by atoms with Crippen LogP contribution in [0.15, 0.2) is 18.2 Å². The molecule has 0 bridgehead atoms. The van der Waals surface area contributed by atoms with Crippen LogP contribution in [0.1, 0.15) is 19.4 Å². The van der Waals surface area contributed by atoms with E-state index < -0.39 is 5.82 Å². The van der Waals surface area contributed by atoms with Crippen molar-refractivity contribution in [1.82, 2.24) is 5.32 Å². The summed E-state index contributed by atoms with van der Waals surface area (Å²) in [6.07, 6.45) is 0. The highest BCUT2D eigenvalue weighted by molar-refractivity contribution is 5.78. The fourth-order valence-electron chi connectivity index (χ4n) is 1.40. The molecule has 3 N–H and O–H groups in total. The molecule has 1 atom stereocenters. The third-order valence-electron chi connectivity index (χ3n) is 2.56. The van der Waals surface area contributed by atoms with Crippen LogP contribution < -0.4 is 15.8 Å². The van der Waals surface area contributed by atoms with E-state index in [-0.39, 0.29) is 24.1 Å². The van der Waals surface area contributed by atoms with Gasteiger partial charge in [0.25, 0.3) is 0 Å². The molecule has 0 saturated carbocycles. The molecule has 1 unspecified atom stereocenters. The fourth-order valence-corrected chi connectivity index (χ4v) is 1.40. The maximum Gasteiger partial charge on any atom is 0.224 e. The van der Waals surface area contributed by atoms with Crippen molar-refractivity contribution in [2.45, 2.75) is 20.4 Å². The number of nitrogens with two attached hydrogens (primary N) is 1. The monoisotopic (exact) mass is 254 g/mol. The molecule has 1 rings (SSSR count). The summed E-state index contributed by atoms with van der Waals surface area (Å²) in [7, 11) is 0. The predicted octanol–water partition coefficient (Wildman–Crippen LogP) is 1.44. The molecule has 0 fully saturated rings. The second-order valence-corrected chi connectivity index (χ2v) is 4.05. The first kappa shape index (κ1) is 14.4. The summed E-state index contributed by atoms with van der Waals surface area (Å²) in [5.41, 5.74) is 6.07. The molecule has 1 amide bonds. The highest BCUT2D eigenvalue weighted by Gasteiger charge is 2.10. The van der Waals surface area contributed by atoms with E-state index in [1.165, 1.54) is 6.07 Å². The molecule has 0 heterocycles. The molecule has 0 radical (unpaired) electrons. The first-order chi connectivity index (χ1) is 8.58. The Morgan fingerprint density at radius 1 is 1.56 bits per heavy atom. The second kappa shape index (κ2) is 6.96. The number of benzene rings is 1. The highest BCUT2D eigenvalue weighted by atomic mass is 19.1. The van der Waals surface area contributed by atoms with Crippen LogP contribution in [0.25, 0.3) is 0 Å². The molecule has 0 spiro atoms. The predicted molar refractivity (Wildman–Crippen MR) is 67.6 cm³/mol. The molecule has 4 nitrogen and oxygen atoms in total. The van der Waals surface area contributed by atoms with Gasteiger partial charge in [-0.3, -0.25) is 4.79 Å². The number of nitrogens with one attached hydrogen (secondary N) is 1. The summed E-state index contributed by atoms with van der Waals surface area (Å²) < 4.78 is 18.6. The van der Waals surface area contributed by atoms with Gasteiger partial charge in [0.2, 0.25) is 5.91 Å². The van der Waals surface area contributed by atoms with Crippen LogP contribution in [0.3, 0.4) is 0 Å². The highest BCUT2D eigenvalue weighted by Crippen LogP contribution is 2.18. The van der Waals surface area contributed by atoms with Gasteiger partial charge in [0.15, 0.2) is 11.6 Å². The summed E-state index contributed by atoms with van der Waals surface area (Å²) in [5, 5.41) is 2.70. The van der Waals surface area contributed by atoms with Crippen molar-refractivity contribution in [3.63, 3.8) is 0 Å². The number of hydrogen-bond acceptors (Lipinski definition) is 3. The van der Waals surface area contributed by atoms with Gasteiger partial charge in [-0.25, -0.2) is 4.39 Å². The van der Waals surface area contributed by atoms with E-state index in [1.807, 2.05) is 0 Å². The number of carbonyl (C=O) groups is 1.